The summed E-state index contributed by atoms with van der Waals surface area (Å²) in [6, 6.07) is 9.56. The molecule has 34 heavy (non-hydrogen) atoms. The van der Waals surface area contributed by atoms with E-state index in [-0.39, 0.29) is 11.8 Å². The van der Waals surface area contributed by atoms with Crippen molar-refractivity contribution in [2.45, 2.75) is 13.3 Å². The van der Waals surface area contributed by atoms with E-state index < -0.39 is 0 Å². The minimum Gasteiger partial charge on any atom is -0.496 e. The van der Waals surface area contributed by atoms with Crippen LogP contribution in [0.15, 0.2) is 36.5 Å². The zero-order valence-corrected chi connectivity index (χ0v) is 20.1. The summed E-state index contributed by atoms with van der Waals surface area (Å²) in [5.41, 5.74) is 2.53. The highest BCUT2D eigenvalue weighted by molar-refractivity contribution is 5.99. The molecular weight excluding hydrogens is 430 g/mol. The number of ether oxygens (including phenoxy) is 2. The fraction of sp³-hybridized carbons (Fsp3) is 0.462. The topological polar surface area (TPSA) is 82.7 Å². The van der Waals surface area contributed by atoms with Crippen LogP contribution >= 0.6 is 0 Å². The van der Waals surface area contributed by atoms with Crippen molar-refractivity contribution in [3.05, 3.63) is 36.5 Å². The van der Waals surface area contributed by atoms with Crippen LogP contribution in [0.2, 0.25) is 0 Å². The van der Waals surface area contributed by atoms with E-state index in [2.05, 4.69) is 32.0 Å². The molecule has 2 fully saturated rings. The highest BCUT2D eigenvalue weighted by Gasteiger charge is 2.44. The van der Waals surface area contributed by atoms with Crippen LogP contribution in [-0.4, -0.2) is 79.2 Å². The van der Waals surface area contributed by atoms with E-state index in [0.29, 0.717) is 17.4 Å². The van der Waals surface area contributed by atoms with Crippen molar-refractivity contribution in [1.29, 1.82) is 0 Å². The molecule has 0 bridgehead atoms. The monoisotopic (exact) mass is 463 g/mol. The van der Waals surface area contributed by atoms with Crippen molar-refractivity contribution in [3.8, 4) is 22.6 Å². The number of aromatic nitrogens is 2. The van der Waals surface area contributed by atoms with Crippen LogP contribution in [0.3, 0.4) is 0 Å². The number of rotatable bonds is 8. The van der Waals surface area contributed by atoms with Gasteiger partial charge in [-0.1, -0.05) is 13.0 Å². The van der Waals surface area contributed by atoms with Crippen LogP contribution in [0.1, 0.15) is 13.3 Å². The minimum absolute atomic E-state index is 0.0715. The molecule has 1 amide bonds. The Balaban J connectivity index is 1.25. The molecule has 3 aromatic rings. The maximum Gasteiger partial charge on any atom is 0.228 e. The van der Waals surface area contributed by atoms with Gasteiger partial charge in [-0.3, -0.25) is 4.79 Å². The van der Waals surface area contributed by atoms with Gasteiger partial charge in [-0.05, 0) is 43.1 Å². The van der Waals surface area contributed by atoms with Gasteiger partial charge in [-0.15, -0.1) is 0 Å². The lowest BCUT2D eigenvalue weighted by Gasteiger charge is -2.34. The van der Waals surface area contributed by atoms with Crippen LogP contribution in [0.25, 0.3) is 22.2 Å². The molecule has 1 saturated heterocycles. The van der Waals surface area contributed by atoms with Gasteiger partial charge in [-0.25, -0.2) is 4.98 Å². The number of hydrogen-bond acceptors (Lipinski definition) is 6. The number of nitrogens with one attached hydrogen (secondary N) is 2. The van der Waals surface area contributed by atoms with Crippen molar-refractivity contribution >= 4 is 22.8 Å². The van der Waals surface area contributed by atoms with Crippen LogP contribution < -0.4 is 14.8 Å². The molecule has 2 aliphatic rings. The van der Waals surface area contributed by atoms with Crippen LogP contribution in [0, 0.1) is 11.8 Å². The maximum atomic E-state index is 12.8. The average Bonchev–Trinajstić information content (AvgIpc) is 3.52. The van der Waals surface area contributed by atoms with Crippen molar-refractivity contribution in [2.75, 3.05) is 58.8 Å². The molecule has 0 radical (unpaired) electrons. The largest absolute Gasteiger partial charge is 0.496 e. The molecule has 1 saturated carbocycles. The van der Waals surface area contributed by atoms with E-state index in [1.165, 1.54) is 0 Å². The standard InChI is InChI=1S/C26H33N5O3/c1-4-30-10-12-31(13-11-30)16-17-14-19(17)26(32)29-23-9-8-18-20(15-27-25(18)28-23)24-21(33-2)6-5-7-22(24)34-3/h5-9,15,17,19H,4,10-14,16H2,1-3H3,(H2,27,28,29,32)/t17-,19+/m0/s1. The molecule has 1 aliphatic heterocycles. The van der Waals surface area contributed by atoms with E-state index in [1.54, 1.807) is 14.2 Å². The fourth-order valence-corrected chi connectivity index (χ4v) is 5.01. The second kappa shape index (κ2) is 9.64. The molecular formula is C26H33N5O3. The normalized spacial score (nSPS) is 20.9. The van der Waals surface area contributed by atoms with Gasteiger partial charge in [0.15, 0.2) is 0 Å². The molecule has 8 heteroatoms. The Bertz CT molecular complexity index is 1150. The third kappa shape index (κ3) is 4.48. The number of piperazine rings is 1. The molecule has 1 aliphatic carbocycles. The highest BCUT2D eigenvalue weighted by Crippen LogP contribution is 2.42. The predicted molar refractivity (Wildman–Crippen MR) is 133 cm³/mol. The first-order valence-electron chi connectivity index (χ1n) is 12.1. The second-order valence-electron chi connectivity index (χ2n) is 9.16. The van der Waals surface area contributed by atoms with Gasteiger partial charge in [-0.2, -0.15) is 0 Å². The Labute approximate surface area is 200 Å². The van der Waals surface area contributed by atoms with Crippen LogP contribution in [0.4, 0.5) is 5.82 Å². The van der Waals surface area contributed by atoms with Crippen LogP contribution in [0.5, 0.6) is 11.5 Å². The van der Waals surface area contributed by atoms with Gasteiger partial charge < -0.3 is 29.6 Å². The van der Waals surface area contributed by atoms with E-state index in [4.69, 9.17) is 9.47 Å². The zero-order chi connectivity index (χ0) is 23.7. The maximum absolute atomic E-state index is 12.8. The van der Waals surface area contributed by atoms with E-state index in [9.17, 15) is 4.79 Å². The molecule has 5 rings (SSSR count). The molecule has 3 heterocycles. The number of pyridine rings is 1. The highest BCUT2D eigenvalue weighted by atomic mass is 16.5. The van der Waals surface area contributed by atoms with Crippen LogP contribution in [-0.2, 0) is 4.79 Å². The number of benzene rings is 1. The summed E-state index contributed by atoms with van der Waals surface area (Å²) in [5, 5.41) is 3.97. The number of likely N-dealkylation sites (N-methyl/N-ethyl adjacent to an activating group) is 1. The lowest BCUT2D eigenvalue weighted by molar-refractivity contribution is -0.117. The Morgan fingerprint density at radius 2 is 1.79 bits per heavy atom. The quantitative estimate of drug-likeness (QED) is 0.532. The molecule has 2 atom stereocenters. The number of hydrogen-bond donors (Lipinski definition) is 2. The van der Waals surface area contributed by atoms with E-state index >= 15 is 0 Å². The SMILES string of the molecule is CCN1CCN(C[C@@H]2C[C@H]2C(=O)Nc2ccc3c(-c4c(OC)cccc4OC)c[nH]c3n2)CC1. The Morgan fingerprint density at radius 1 is 1.09 bits per heavy atom. The summed E-state index contributed by atoms with van der Waals surface area (Å²) in [6.45, 7) is 8.81. The van der Waals surface area contributed by atoms with Crippen molar-refractivity contribution in [2.24, 2.45) is 11.8 Å². The number of carbonyl (C=O) groups is 1. The van der Waals surface area contributed by atoms with Gasteiger partial charge in [0.05, 0.1) is 19.8 Å². The molecule has 8 nitrogen and oxygen atoms in total. The lowest BCUT2D eigenvalue weighted by Crippen LogP contribution is -2.46. The summed E-state index contributed by atoms with van der Waals surface area (Å²) in [7, 11) is 3.30. The van der Waals surface area contributed by atoms with Gasteiger partial charge in [0.25, 0.3) is 0 Å². The van der Waals surface area contributed by atoms with E-state index in [1.807, 2.05) is 36.5 Å². The summed E-state index contributed by atoms with van der Waals surface area (Å²) in [4.78, 5) is 25.7. The van der Waals surface area contributed by atoms with Gasteiger partial charge in [0.1, 0.15) is 23.0 Å². The predicted octanol–water partition coefficient (Wildman–Crippen LogP) is 3.46. The van der Waals surface area contributed by atoms with Crippen molar-refractivity contribution in [3.63, 3.8) is 0 Å². The van der Waals surface area contributed by atoms with E-state index in [0.717, 1.165) is 73.7 Å². The minimum atomic E-state index is 0.0715. The average molecular weight is 464 g/mol. The third-order valence-electron chi connectivity index (χ3n) is 7.15. The van der Waals surface area contributed by atoms with Gasteiger partial charge >= 0.3 is 0 Å². The summed E-state index contributed by atoms with van der Waals surface area (Å²) < 4.78 is 11.1. The number of aromatic amines is 1. The van der Waals surface area contributed by atoms with Gasteiger partial charge in [0.2, 0.25) is 5.91 Å². The lowest BCUT2D eigenvalue weighted by atomic mass is 10.0. The van der Waals surface area contributed by atoms with Crippen molar-refractivity contribution in [1.82, 2.24) is 19.8 Å². The smallest absolute Gasteiger partial charge is 0.228 e. The third-order valence-corrected chi connectivity index (χ3v) is 7.15. The number of carbonyl (C=O) groups excluding carboxylic acids is 1. The summed E-state index contributed by atoms with van der Waals surface area (Å²) in [6.07, 6.45) is 2.86. The molecule has 2 N–H and O–H groups in total. The molecule has 180 valence electrons. The number of amides is 1. The first-order valence-corrected chi connectivity index (χ1v) is 12.1. The zero-order valence-electron chi connectivity index (χ0n) is 20.1. The fourth-order valence-electron chi connectivity index (χ4n) is 5.01. The second-order valence-corrected chi connectivity index (χ2v) is 9.16. The number of anilines is 1. The Kier molecular flexibility index (Phi) is 6.43. The van der Waals surface area contributed by atoms with Crippen molar-refractivity contribution < 1.29 is 14.3 Å². The number of fused-ring (bicyclic) bond motifs is 1. The van der Waals surface area contributed by atoms with Gasteiger partial charge in [0, 0.05) is 55.8 Å². The molecule has 1 aromatic carbocycles. The number of H-pyrrole nitrogens is 1. The Morgan fingerprint density at radius 3 is 2.47 bits per heavy atom. The molecule has 2 aromatic heterocycles. The number of nitrogens with zero attached hydrogens (tertiary/aromatic N) is 3. The Hall–Kier alpha value is -3.10. The first kappa shape index (κ1) is 22.7. The summed E-state index contributed by atoms with van der Waals surface area (Å²) >= 11 is 0. The first-order chi connectivity index (χ1) is 16.6. The summed E-state index contributed by atoms with van der Waals surface area (Å²) in [5.74, 6) is 2.63. The number of methoxy groups -OCH3 is 2. The molecule has 0 spiro atoms. The molecule has 0 unspecified atom stereocenters.